The van der Waals surface area contributed by atoms with Gasteiger partial charge >= 0.3 is 0 Å². The van der Waals surface area contributed by atoms with Crippen molar-refractivity contribution in [2.24, 2.45) is 7.05 Å². The third-order valence-electron chi connectivity index (χ3n) is 2.91. The van der Waals surface area contributed by atoms with Crippen molar-refractivity contribution in [1.29, 1.82) is 0 Å². The number of Topliss-reactive ketones (excluding diaryl/α,β-unsaturated/α-hetero) is 1. The maximum Gasteiger partial charge on any atom is 0.170 e. The van der Waals surface area contributed by atoms with Gasteiger partial charge in [0.25, 0.3) is 0 Å². The summed E-state index contributed by atoms with van der Waals surface area (Å²) < 4.78 is 1.66. The highest BCUT2D eigenvalue weighted by Gasteiger charge is 2.16. The Labute approximate surface area is 122 Å². The highest BCUT2D eigenvalue weighted by molar-refractivity contribution is 6.35. The zero-order chi connectivity index (χ0) is 14.0. The van der Waals surface area contributed by atoms with E-state index in [1.54, 1.807) is 29.1 Å². The summed E-state index contributed by atoms with van der Waals surface area (Å²) in [5.41, 5.74) is 2.26. The van der Waals surface area contributed by atoms with Gasteiger partial charge in [-0.3, -0.25) is 9.48 Å². The van der Waals surface area contributed by atoms with E-state index >= 15 is 0 Å². The second-order valence-electron chi connectivity index (χ2n) is 4.35. The summed E-state index contributed by atoms with van der Waals surface area (Å²) in [6, 6.07) is 5.17. The maximum absolute atomic E-state index is 12.3. The molecule has 0 spiro atoms. The zero-order valence-corrected chi connectivity index (χ0v) is 12.3. The van der Waals surface area contributed by atoms with Crippen LogP contribution in [0.15, 0.2) is 24.4 Å². The summed E-state index contributed by atoms with van der Waals surface area (Å²) in [6.07, 6.45) is 2.75. The van der Waals surface area contributed by atoms with Crippen LogP contribution in [0.4, 0.5) is 0 Å². The van der Waals surface area contributed by atoms with Gasteiger partial charge in [0.15, 0.2) is 5.78 Å². The zero-order valence-electron chi connectivity index (χ0n) is 10.8. The van der Waals surface area contributed by atoms with Crippen molar-refractivity contribution >= 4 is 29.0 Å². The fraction of sp³-hybridized carbons (Fsp3) is 0.286. The number of carbonyl (C=O) groups excluding carboxylic acids is 1. The smallest absolute Gasteiger partial charge is 0.170 e. The number of hydrogen-bond donors (Lipinski definition) is 0. The van der Waals surface area contributed by atoms with Crippen LogP contribution < -0.4 is 0 Å². The van der Waals surface area contributed by atoms with Gasteiger partial charge in [0.05, 0.1) is 11.3 Å². The number of aromatic nitrogens is 2. The predicted octanol–water partition coefficient (Wildman–Crippen LogP) is 3.71. The van der Waals surface area contributed by atoms with Gasteiger partial charge in [0, 0.05) is 29.7 Å². The standard InChI is InChI=1S/C14H14Cl2N2O/c1-3-13-11(8-18(2)17-13)14(19)6-9-4-5-10(15)7-12(9)16/h4-5,7-8H,3,6H2,1-2H3. The third-order valence-corrected chi connectivity index (χ3v) is 3.49. The van der Waals surface area contributed by atoms with Crippen LogP contribution >= 0.6 is 23.2 Å². The van der Waals surface area contributed by atoms with E-state index in [2.05, 4.69) is 5.10 Å². The van der Waals surface area contributed by atoms with E-state index in [0.717, 1.165) is 17.7 Å². The summed E-state index contributed by atoms with van der Waals surface area (Å²) in [5.74, 6) is 0.0224. The fourth-order valence-electron chi connectivity index (χ4n) is 1.96. The number of carbonyl (C=O) groups is 1. The Morgan fingerprint density at radius 1 is 1.37 bits per heavy atom. The van der Waals surface area contributed by atoms with Gasteiger partial charge in [0.1, 0.15) is 0 Å². The van der Waals surface area contributed by atoms with Crippen molar-refractivity contribution < 1.29 is 4.79 Å². The number of hydrogen-bond acceptors (Lipinski definition) is 2. The molecule has 0 amide bonds. The molecule has 0 unspecified atom stereocenters. The number of rotatable bonds is 4. The van der Waals surface area contributed by atoms with E-state index in [4.69, 9.17) is 23.2 Å². The van der Waals surface area contributed by atoms with Crippen molar-refractivity contribution in [2.45, 2.75) is 19.8 Å². The lowest BCUT2D eigenvalue weighted by Gasteiger charge is -2.04. The molecule has 2 aromatic rings. The van der Waals surface area contributed by atoms with E-state index < -0.39 is 0 Å². The van der Waals surface area contributed by atoms with Gasteiger partial charge in [0.2, 0.25) is 0 Å². The summed E-state index contributed by atoms with van der Waals surface area (Å²) in [5, 5.41) is 5.35. The first-order chi connectivity index (χ1) is 9.01. The van der Waals surface area contributed by atoms with Crippen LogP contribution in [0.5, 0.6) is 0 Å². The van der Waals surface area contributed by atoms with Crippen molar-refractivity contribution in [3.8, 4) is 0 Å². The molecule has 0 radical (unpaired) electrons. The van der Waals surface area contributed by atoms with Crippen molar-refractivity contribution in [2.75, 3.05) is 0 Å². The molecule has 100 valence electrons. The lowest BCUT2D eigenvalue weighted by atomic mass is 10.0. The van der Waals surface area contributed by atoms with Gasteiger partial charge in [-0.2, -0.15) is 5.10 Å². The van der Waals surface area contributed by atoms with Gasteiger partial charge < -0.3 is 0 Å². The fourth-order valence-corrected chi connectivity index (χ4v) is 2.44. The minimum absolute atomic E-state index is 0.0224. The number of halogens is 2. The molecule has 1 aromatic heterocycles. The van der Waals surface area contributed by atoms with E-state index in [1.165, 1.54) is 0 Å². The van der Waals surface area contributed by atoms with Crippen LogP contribution in [0.1, 0.15) is 28.5 Å². The summed E-state index contributed by atoms with van der Waals surface area (Å²) in [6.45, 7) is 1.98. The molecule has 0 bridgehead atoms. The molecule has 0 aliphatic rings. The Bertz CT molecular complexity index is 620. The number of benzene rings is 1. The molecule has 2 rings (SSSR count). The average Bonchev–Trinajstić information content (AvgIpc) is 2.74. The quantitative estimate of drug-likeness (QED) is 0.806. The minimum Gasteiger partial charge on any atom is -0.294 e. The van der Waals surface area contributed by atoms with Gasteiger partial charge in [-0.1, -0.05) is 36.2 Å². The summed E-state index contributed by atoms with van der Waals surface area (Å²) >= 11 is 11.9. The summed E-state index contributed by atoms with van der Waals surface area (Å²) in [7, 11) is 1.81. The average molecular weight is 297 g/mol. The SMILES string of the molecule is CCc1nn(C)cc1C(=O)Cc1ccc(Cl)cc1Cl. The van der Waals surface area contributed by atoms with E-state index in [9.17, 15) is 4.79 Å². The Kier molecular flexibility index (Phi) is 4.27. The molecule has 1 heterocycles. The van der Waals surface area contributed by atoms with Gasteiger partial charge in [-0.15, -0.1) is 0 Å². The first-order valence-electron chi connectivity index (χ1n) is 6.01. The molecule has 3 nitrogen and oxygen atoms in total. The van der Waals surface area contributed by atoms with Crippen molar-refractivity contribution in [1.82, 2.24) is 9.78 Å². The second-order valence-corrected chi connectivity index (χ2v) is 5.20. The Morgan fingerprint density at radius 2 is 2.11 bits per heavy atom. The van der Waals surface area contributed by atoms with E-state index in [-0.39, 0.29) is 12.2 Å². The molecule has 1 aromatic carbocycles. The highest BCUT2D eigenvalue weighted by atomic mass is 35.5. The van der Waals surface area contributed by atoms with Crippen LogP contribution in [0, 0.1) is 0 Å². The van der Waals surface area contributed by atoms with Crippen LogP contribution in [0.3, 0.4) is 0 Å². The van der Waals surface area contributed by atoms with Gasteiger partial charge in [-0.25, -0.2) is 0 Å². The molecule has 0 fully saturated rings. The summed E-state index contributed by atoms with van der Waals surface area (Å²) in [4.78, 5) is 12.3. The molecule has 0 saturated carbocycles. The number of nitrogens with zero attached hydrogens (tertiary/aromatic N) is 2. The van der Waals surface area contributed by atoms with E-state index in [0.29, 0.717) is 15.6 Å². The molecule has 0 aliphatic carbocycles. The molecule has 0 atom stereocenters. The molecular formula is C14H14Cl2N2O. The lowest BCUT2D eigenvalue weighted by molar-refractivity contribution is 0.0992. The Balaban J connectivity index is 2.25. The molecule has 0 aliphatic heterocycles. The number of ketones is 1. The molecule has 0 N–H and O–H groups in total. The monoisotopic (exact) mass is 296 g/mol. The topological polar surface area (TPSA) is 34.9 Å². The minimum atomic E-state index is 0.0224. The normalized spacial score (nSPS) is 10.7. The Morgan fingerprint density at radius 3 is 2.74 bits per heavy atom. The van der Waals surface area contributed by atoms with Crippen molar-refractivity contribution in [3.05, 3.63) is 51.3 Å². The van der Waals surface area contributed by atoms with Crippen LogP contribution in [-0.2, 0) is 19.9 Å². The molecule has 19 heavy (non-hydrogen) atoms. The highest BCUT2D eigenvalue weighted by Crippen LogP contribution is 2.23. The first-order valence-corrected chi connectivity index (χ1v) is 6.76. The third kappa shape index (κ3) is 3.17. The van der Waals surface area contributed by atoms with Crippen LogP contribution in [0.25, 0.3) is 0 Å². The molecule has 5 heteroatoms. The van der Waals surface area contributed by atoms with Crippen LogP contribution in [-0.4, -0.2) is 15.6 Å². The van der Waals surface area contributed by atoms with Gasteiger partial charge in [-0.05, 0) is 24.1 Å². The molecule has 0 saturated heterocycles. The first kappa shape index (κ1) is 14.1. The lowest BCUT2D eigenvalue weighted by Crippen LogP contribution is -2.05. The molecular weight excluding hydrogens is 283 g/mol. The Hall–Kier alpha value is -1.32. The predicted molar refractivity (Wildman–Crippen MR) is 77.1 cm³/mol. The number of aryl methyl sites for hydroxylation is 2. The van der Waals surface area contributed by atoms with Crippen molar-refractivity contribution in [3.63, 3.8) is 0 Å². The van der Waals surface area contributed by atoms with Crippen LogP contribution in [0.2, 0.25) is 10.0 Å². The van der Waals surface area contributed by atoms with E-state index in [1.807, 2.05) is 14.0 Å². The maximum atomic E-state index is 12.3. The largest absolute Gasteiger partial charge is 0.294 e. The second kappa shape index (κ2) is 5.76.